The van der Waals surface area contributed by atoms with Gasteiger partial charge in [0.1, 0.15) is 12.2 Å². The van der Waals surface area contributed by atoms with Gasteiger partial charge in [-0.3, -0.25) is 9.59 Å². The lowest BCUT2D eigenvalue weighted by Gasteiger charge is -2.50. The Hall–Kier alpha value is -1.14. The number of esters is 1. The predicted molar refractivity (Wildman–Crippen MR) is 103 cm³/mol. The zero-order valence-corrected chi connectivity index (χ0v) is 17.2. The van der Waals surface area contributed by atoms with Crippen LogP contribution in [0, 0.1) is 17.3 Å². The average Bonchev–Trinajstić information content (AvgIpc) is 2.66. The minimum atomic E-state index is -1.15. The van der Waals surface area contributed by atoms with Crippen LogP contribution in [0.25, 0.3) is 0 Å². The summed E-state index contributed by atoms with van der Waals surface area (Å²) in [7, 11) is 0. The Morgan fingerprint density at radius 3 is 2.44 bits per heavy atom. The number of likely N-dealkylation sites (tertiary alicyclic amines) is 1. The fourth-order valence-electron chi connectivity index (χ4n) is 4.46. The molecule has 0 bridgehead atoms. The minimum Gasteiger partial charge on any atom is -0.463 e. The molecule has 1 saturated carbocycles. The quantitative estimate of drug-likeness (QED) is 0.660. The molecule has 1 amide bonds. The van der Waals surface area contributed by atoms with Gasteiger partial charge in [0.2, 0.25) is 5.91 Å². The Labute approximate surface area is 163 Å². The van der Waals surface area contributed by atoms with Crippen molar-refractivity contribution in [3.05, 3.63) is 0 Å². The molecule has 0 radical (unpaired) electrons. The molecule has 1 heterocycles. The third-order valence-electron chi connectivity index (χ3n) is 6.63. The summed E-state index contributed by atoms with van der Waals surface area (Å²) in [5.74, 6) is -0.162. The van der Waals surface area contributed by atoms with Crippen molar-refractivity contribution >= 4 is 11.9 Å². The molecule has 27 heavy (non-hydrogen) atoms. The Balaban J connectivity index is 1.97. The van der Waals surface area contributed by atoms with Crippen LogP contribution in [0.3, 0.4) is 0 Å². The molecule has 0 aromatic carbocycles. The summed E-state index contributed by atoms with van der Waals surface area (Å²) in [4.78, 5) is 26.3. The van der Waals surface area contributed by atoms with E-state index in [1.165, 1.54) is 19.3 Å². The summed E-state index contributed by atoms with van der Waals surface area (Å²) < 4.78 is 5.20. The zero-order chi connectivity index (χ0) is 20.1. The van der Waals surface area contributed by atoms with E-state index in [0.29, 0.717) is 25.4 Å². The molecule has 0 spiro atoms. The summed E-state index contributed by atoms with van der Waals surface area (Å²) in [6.45, 7) is 6.18. The Kier molecular flexibility index (Phi) is 7.69. The van der Waals surface area contributed by atoms with E-state index in [4.69, 9.17) is 4.74 Å². The lowest BCUT2D eigenvalue weighted by atomic mass is 9.70. The number of aliphatic hydroxyl groups excluding tert-OH is 1. The van der Waals surface area contributed by atoms with Gasteiger partial charge < -0.3 is 19.8 Å². The van der Waals surface area contributed by atoms with Crippen molar-refractivity contribution in [2.75, 3.05) is 26.3 Å². The Bertz CT molecular complexity index is 515. The van der Waals surface area contributed by atoms with Gasteiger partial charge in [-0.15, -0.1) is 0 Å². The molecule has 6 nitrogen and oxygen atoms in total. The van der Waals surface area contributed by atoms with E-state index in [-0.39, 0.29) is 37.4 Å². The highest BCUT2D eigenvalue weighted by molar-refractivity contribution is 5.79. The number of hydrogen-bond acceptors (Lipinski definition) is 5. The van der Waals surface area contributed by atoms with Crippen LogP contribution in [0.1, 0.15) is 72.1 Å². The molecule has 156 valence electrons. The molecule has 2 rings (SSSR count). The summed E-state index contributed by atoms with van der Waals surface area (Å²) in [5, 5.41) is 20.8. The zero-order valence-electron chi connectivity index (χ0n) is 17.2. The van der Waals surface area contributed by atoms with E-state index >= 15 is 0 Å². The minimum absolute atomic E-state index is 0.0104. The Morgan fingerprint density at radius 2 is 1.89 bits per heavy atom. The lowest BCUT2D eigenvalue weighted by molar-refractivity contribution is -0.179. The lowest BCUT2D eigenvalue weighted by Crippen LogP contribution is -2.61. The number of amides is 1. The number of nitrogens with zero attached hydrogens (tertiary/aromatic N) is 1. The van der Waals surface area contributed by atoms with Gasteiger partial charge in [0.25, 0.3) is 0 Å². The van der Waals surface area contributed by atoms with Crippen LogP contribution < -0.4 is 0 Å². The van der Waals surface area contributed by atoms with Crippen LogP contribution in [0.5, 0.6) is 0 Å². The fraction of sp³-hybridized carbons (Fsp3) is 0.905. The molecule has 1 saturated heterocycles. The summed E-state index contributed by atoms with van der Waals surface area (Å²) >= 11 is 0. The molecule has 0 aromatic heterocycles. The van der Waals surface area contributed by atoms with Gasteiger partial charge in [0.05, 0.1) is 12.5 Å². The van der Waals surface area contributed by atoms with Crippen LogP contribution >= 0.6 is 0 Å². The van der Waals surface area contributed by atoms with Crippen LogP contribution in [0.2, 0.25) is 0 Å². The summed E-state index contributed by atoms with van der Waals surface area (Å²) in [6.07, 6.45) is 7.41. The molecule has 2 fully saturated rings. The highest BCUT2D eigenvalue weighted by Gasteiger charge is 2.50. The third-order valence-corrected chi connectivity index (χ3v) is 6.63. The molecule has 1 aliphatic carbocycles. The van der Waals surface area contributed by atoms with Crippen LogP contribution in [-0.2, 0) is 14.3 Å². The number of ether oxygens (including phenoxy) is 1. The molecule has 6 heteroatoms. The monoisotopic (exact) mass is 383 g/mol. The van der Waals surface area contributed by atoms with Gasteiger partial charge >= 0.3 is 5.97 Å². The van der Waals surface area contributed by atoms with Gasteiger partial charge in [-0.25, -0.2) is 0 Å². The average molecular weight is 384 g/mol. The molecular formula is C21H37NO5. The first-order chi connectivity index (χ1) is 12.7. The highest BCUT2D eigenvalue weighted by Crippen LogP contribution is 2.40. The van der Waals surface area contributed by atoms with E-state index in [2.05, 4.69) is 0 Å². The molecule has 2 unspecified atom stereocenters. The second-order valence-corrected chi connectivity index (χ2v) is 9.06. The van der Waals surface area contributed by atoms with Crippen molar-refractivity contribution in [3.8, 4) is 0 Å². The molecule has 2 aliphatic rings. The standard InChI is InChI=1S/C21H37NO5/c1-4-18(24)27-15-21(26)10-11-22(14-20(21,2)3)19(25)17(13-23)12-16-8-6-5-7-9-16/h16-17,23,26H,4-15H2,1-3H3. The normalized spacial score (nSPS) is 27.2. The maximum atomic E-state index is 13.0. The van der Waals surface area contributed by atoms with E-state index in [9.17, 15) is 19.8 Å². The number of aliphatic hydroxyl groups is 2. The van der Waals surface area contributed by atoms with E-state index in [1.807, 2.05) is 13.8 Å². The van der Waals surface area contributed by atoms with Crippen molar-refractivity contribution in [3.63, 3.8) is 0 Å². The topological polar surface area (TPSA) is 87.1 Å². The first-order valence-corrected chi connectivity index (χ1v) is 10.5. The molecule has 2 atom stereocenters. The van der Waals surface area contributed by atoms with Gasteiger partial charge in [0.15, 0.2) is 0 Å². The first kappa shape index (κ1) is 22.2. The maximum Gasteiger partial charge on any atom is 0.305 e. The number of carbonyl (C=O) groups excluding carboxylic acids is 2. The predicted octanol–water partition coefficient (Wildman–Crippen LogP) is 2.51. The largest absolute Gasteiger partial charge is 0.463 e. The van der Waals surface area contributed by atoms with Gasteiger partial charge in [-0.1, -0.05) is 52.9 Å². The second kappa shape index (κ2) is 9.37. The fourth-order valence-corrected chi connectivity index (χ4v) is 4.46. The second-order valence-electron chi connectivity index (χ2n) is 9.06. The molecular weight excluding hydrogens is 346 g/mol. The van der Waals surface area contributed by atoms with Crippen LogP contribution in [-0.4, -0.2) is 58.9 Å². The Morgan fingerprint density at radius 1 is 1.22 bits per heavy atom. The van der Waals surface area contributed by atoms with Gasteiger partial charge in [-0.05, 0) is 18.8 Å². The molecule has 0 aromatic rings. The van der Waals surface area contributed by atoms with E-state index in [1.54, 1.807) is 11.8 Å². The molecule has 2 N–H and O–H groups in total. The third kappa shape index (κ3) is 5.44. The SMILES string of the molecule is CCC(=O)OCC1(O)CCN(C(=O)C(CO)CC2CCCCC2)CC1(C)C. The van der Waals surface area contributed by atoms with E-state index < -0.39 is 11.0 Å². The number of hydrogen-bond donors (Lipinski definition) is 2. The first-order valence-electron chi connectivity index (χ1n) is 10.5. The van der Waals surface area contributed by atoms with E-state index in [0.717, 1.165) is 19.3 Å². The maximum absolute atomic E-state index is 13.0. The number of carbonyl (C=O) groups is 2. The summed E-state index contributed by atoms with van der Waals surface area (Å²) in [6, 6.07) is 0. The van der Waals surface area contributed by atoms with Crippen molar-refractivity contribution < 1.29 is 24.5 Å². The number of rotatable bonds is 7. The van der Waals surface area contributed by atoms with Gasteiger partial charge in [-0.2, -0.15) is 0 Å². The van der Waals surface area contributed by atoms with Crippen LogP contribution in [0.15, 0.2) is 0 Å². The summed E-state index contributed by atoms with van der Waals surface area (Å²) in [5.41, 5.74) is -1.74. The van der Waals surface area contributed by atoms with Crippen LogP contribution in [0.4, 0.5) is 0 Å². The van der Waals surface area contributed by atoms with Crippen molar-refractivity contribution in [2.45, 2.75) is 77.7 Å². The van der Waals surface area contributed by atoms with Crippen molar-refractivity contribution in [1.82, 2.24) is 4.90 Å². The molecule has 1 aliphatic heterocycles. The number of piperidine rings is 1. The van der Waals surface area contributed by atoms with Crippen molar-refractivity contribution in [1.29, 1.82) is 0 Å². The smallest absolute Gasteiger partial charge is 0.305 e. The highest BCUT2D eigenvalue weighted by atomic mass is 16.5. The van der Waals surface area contributed by atoms with Crippen molar-refractivity contribution in [2.24, 2.45) is 17.3 Å². The van der Waals surface area contributed by atoms with Gasteiger partial charge in [0, 0.05) is 24.9 Å².